The van der Waals surface area contributed by atoms with E-state index in [2.05, 4.69) is 67.6 Å². The Morgan fingerprint density at radius 1 is 0.538 bits per heavy atom. The summed E-state index contributed by atoms with van der Waals surface area (Å²) < 4.78 is 4.14. The quantitative estimate of drug-likeness (QED) is 0.420. The van der Waals surface area contributed by atoms with Crippen LogP contribution in [0.4, 0.5) is 0 Å². The Hall–Kier alpha value is -3.66. The summed E-state index contributed by atoms with van der Waals surface area (Å²) in [4.78, 5) is 8.42. The van der Waals surface area contributed by atoms with Crippen molar-refractivity contribution < 1.29 is 0 Å². The van der Waals surface area contributed by atoms with Gasteiger partial charge in [0.05, 0.1) is 24.0 Å². The average Bonchev–Trinajstić information content (AvgIpc) is 3.39. The van der Waals surface area contributed by atoms with Crippen LogP contribution >= 0.6 is 0 Å². The highest BCUT2D eigenvalue weighted by molar-refractivity contribution is 6.25. The zero-order valence-corrected chi connectivity index (χ0v) is 13.9. The molecule has 0 saturated carbocycles. The molecule has 6 rings (SSSR count). The normalized spacial score (nSPS) is 11.8. The van der Waals surface area contributed by atoms with E-state index < -0.39 is 0 Å². The Kier molecular flexibility index (Phi) is 2.58. The highest BCUT2D eigenvalue weighted by Gasteiger charge is 2.14. The van der Waals surface area contributed by atoms with Gasteiger partial charge in [-0.25, -0.2) is 9.97 Å². The number of aromatic nitrogens is 4. The second kappa shape index (κ2) is 4.92. The van der Waals surface area contributed by atoms with Crippen LogP contribution in [0.1, 0.15) is 0 Å². The molecule has 0 aliphatic rings. The molecule has 0 saturated heterocycles. The van der Waals surface area contributed by atoms with Crippen LogP contribution in [0.3, 0.4) is 0 Å². The summed E-state index contributed by atoms with van der Waals surface area (Å²) in [5.41, 5.74) is 2.30. The zero-order chi connectivity index (χ0) is 17.1. The van der Waals surface area contributed by atoms with E-state index in [1.807, 2.05) is 37.4 Å². The number of benzene rings is 4. The van der Waals surface area contributed by atoms with Gasteiger partial charge in [0.15, 0.2) is 0 Å². The third-order valence-electron chi connectivity index (χ3n) is 5.18. The maximum atomic E-state index is 4.21. The van der Waals surface area contributed by atoms with Crippen molar-refractivity contribution in [2.45, 2.75) is 0 Å². The summed E-state index contributed by atoms with van der Waals surface area (Å²) in [6.45, 7) is 0. The minimum atomic E-state index is 1.15. The summed E-state index contributed by atoms with van der Waals surface area (Å²) in [6.07, 6.45) is 11.3. The number of rotatable bonds is 2. The third kappa shape index (κ3) is 1.73. The monoisotopic (exact) mass is 334 g/mol. The van der Waals surface area contributed by atoms with Gasteiger partial charge in [-0.15, -0.1) is 0 Å². The second-order valence-electron chi connectivity index (χ2n) is 6.53. The molecule has 26 heavy (non-hydrogen) atoms. The van der Waals surface area contributed by atoms with Crippen molar-refractivity contribution in [1.82, 2.24) is 19.1 Å². The van der Waals surface area contributed by atoms with Crippen molar-refractivity contribution in [3.8, 4) is 11.4 Å². The molecule has 0 fully saturated rings. The van der Waals surface area contributed by atoms with E-state index in [0.29, 0.717) is 0 Å². The molecule has 2 aromatic heterocycles. The Labute approximate surface area is 149 Å². The molecule has 0 amide bonds. The lowest BCUT2D eigenvalue weighted by Crippen LogP contribution is -1.96. The molecule has 0 radical (unpaired) electrons. The molecule has 6 aromatic rings. The third-order valence-corrected chi connectivity index (χ3v) is 5.18. The molecule has 4 nitrogen and oxygen atoms in total. The SMILES string of the molecule is c1cn(-c2ccc3ccc4c(-n5ccnc5)ccc5ccc2c3c54)cn1. The molecule has 0 spiro atoms. The molecule has 2 heterocycles. The molecule has 0 N–H and O–H groups in total. The Morgan fingerprint density at radius 3 is 1.42 bits per heavy atom. The second-order valence-corrected chi connectivity index (χ2v) is 6.53. The molecule has 0 aliphatic carbocycles. The van der Waals surface area contributed by atoms with Crippen molar-refractivity contribution in [2.75, 3.05) is 0 Å². The molecule has 4 aromatic carbocycles. The average molecular weight is 334 g/mol. The van der Waals surface area contributed by atoms with Crippen molar-refractivity contribution in [2.24, 2.45) is 0 Å². The summed E-state index contributed by atoms with van der Waals surface area (Å²) in [5.74, 6) is 0. The topological polar surface area (TPSA) is 35.6 Å². The predicted molar refractivity (Wildman–Crippen MR) is 104 cm³/mol. The fourth-order valence-corrected chi connectivity index (χ4v) is 4.02. The van der Waals surface area contributed by atoms with Crippen molar-refractivity contribution >= 4 is 32.3 Å². The summed E-state index contributed by atoms with van der Waals surface area (Å²) in [7, 11) is 0. The van der Waals surface area contributed by atoms with E-state index >= 15 is 0 Å². The number of hydrogen-bond donors (Lipinski definition) is 0. The molecule has 0 unspecified atom stereocenters. The van der Waals surface area contributed by atoms with Crippen LogP contribution in [0.5, 0.6) is 0 Å². The van der Waals surface area contributed by atoms with Gasteiger partial charge in [0.25, 0.3) is 0 Å². The number of nitrogens with zero attached hydrogens (tertiary/aromatic N) is 4. The van der Waals surface area contributed by atoms with Gasteiger partial charge >= 0.3 is 0 Å². The summed E-state index contributed by atoms with van der Waals surface area (Å²) in [5, 5.41) is 7.58. The minimum absolute atomic E-state index is 1.15. The fourth-order valence-electron chi connectivity index (χ4n) is 4.02. The standard InChI is InChI=1S/C22H14N4/c1-5-17-19(25-11-9-23-13-25)8-4-16-2-6-18-20(26-12-10-24-14-26)7-3-15(1)21(18)22(16)17/h1-14H. The Balaban J connectivity index is 1.81. The summed E-state index contributed by atoms with van der Waals surface area (Å²) >= 11 is 0. The molecule has 0 atom stereocenters. The first-order chi connectivity index (χ1) is 12.9. The van der Waals surface area contributed by atoms with Gasteiger partial charge in [0, 0.05) is 35.6 Å². The molecular formula is C22H14N4. The first-order valence-corrected chi connectivity index (χ1v) is 8.57. The van der Waals surface area contributed by atoms with Crippen LogP contribution in [0.2, 0.25) is 0 Å². The van der Waals surface area contributed by atoms with Gasteiger partial charge in [0.2, 0.25) is 0 Å². The molecule has 122 valence electrons. The largest absolute Gasteiger partial charge is 0.306 e. The van der Waals surface area contributed by atoms with E-state index in [9.17, 15) is 0 Å². The first kappa shape index (κ1) is 13.6. The van der Waals surface area contributed by atoms with Crippen LogP contribution in [-0.2, 0) is 0 Å². The maximum absolute atomic E-state index is 4.21. The maximum Gasteiger partial charge on any atom is 0.0991 e. The lowest BCUT2D eigenvalue weighted by Gasteiger charge is -2.16. The van der Waals surface area contributed by atoms with Crippen molar-refractivity contribution in [3.05, 3.63) is 86.0 Å². The van der Waals surface area contributed by atoms with Crippen LogP contribution in [0.15, 0.2) is 86.0 Å². The Bertz CT molecular complexity index is 1250. The molecular weight excluding hydrogens is 320 g/mol. The smallest absolute Gasteiger partial charge is 0.0991 e. The van der Waals surface area contributed by atoms with E-state index in [1.54, 1.807) is 0 Å². The van der Waals surface area contributed by atoms with E-state index in [-0.39, 0.29) is 0 Å². The predicted octanol–water partition coefficient (Wildman–Crippen LogP) is 4.96. The van der Waals surface area contributed by atoms with E-state index in [1.165, 1.54) is 32.3 Å². The van der Waals surface area contributed by atoms with Gasteiger partial charge in [-0.05, 0) is 33.7 Å². The fraction of sp³-hybridized carbons (Fsp3) is 0. The van der Waals surface area contributed by atoms with Gasteiger partial charge in [-0.1, -0.05) is 36.4 Å². The molecule has 0 bridgehead atoms. The van der Waals surface area contributed by atoms with Gasteiger partial charge in [-0.2, -0.15) is 0 Å². The van der Waals surface area contributed by atoms with E-state index in [4.69, 9.17) is 0 Å². The van der Waals surface area contributed by atoms with Gasteiger partial charge < -0.3 is 9.13 Å². The first-order valence-electron chi connectivity index (χ1n) is 8.57. The van der Waals surface area contributed by atoms with Crippen molar-refractivity contribution in [1.29, 1.82) is 0 Å². The lowest BCUT2D eigenvalue weighted by molar-refractivity contribution is 1.07. The highest BCUT2D eigenvalue weighted by atomic mass is 15.0. The highest BCUT2D eigenvalue weighted by Crippen LogP contribution is 2.39. The summed E-state index contributed by atoms with van der Waals surface area (Å²) in [6, 6.07) is 17.6. The lowest BCUT2D eigenvalue weighted by atomic mass is 9.92. The van der Waals surface area contributed by atoms with Gasteiger partial charge in [0.1, 0.15) is 0 Å². The Morgan fingerprint density at radius 2 is 1.00 bits per heavy atom. The molecule has 0 aliphatic heterocycles. The van der Waals surface area contributed by atoms with Gasteiger partial charge in [-0.3, -0.25) is 0 Å². The van der Waals surface area contributed by atoms with Crippen LogP contribution in [-0.4, -0.2) is 19.1 Å². The van der Waals surface area contributed by atoms with E-state index in [0.717, 1.165) is 11.4 Å². The number of imidazole rings is 2. The zero-order valence-electron chi connectivity index (χ0n) is 13.9. The number of hydrogen-bond acceptors (Lipinski definition) is 2. The van der Waals surface area contributed by atoms with Crippen LogP contribution in [0.25, 0.3) is 43.7 Å². The van der Waals surface area contributed by atoms with Crippen molar-refractivity contribution in [3.63, 3.8) is 0 Å². The van der Waals surface area contributed by atoms with Crippen LogP contribution < -0.4 is 0 Å². The minimum Gasteiger partial charge on any atom is -0.306 e. The molecule has 4 heteroatoms. The van der Waals surface area contributed by atoms with Crippen LogP contribution in [0, 0.1) is 0 Å².